The molecule has 0 unspecified atom stereocenters. The molecule has 0 bridgehead atoms. The van der Waals surface area contributed by atoms with Gasteiger partial charge in [-0.25, -0.2) is 0 Å². The normalized spacial score (nSPS) is 17.9. The molecule has 0 amide bonds. The van der Waals surface area contributed by atoms with Gasteiger partial charge in [-0.15, -0.1) is 11.3 Å². The smallest absolute Gasteiger partial charge is 0.406 e. The van der Waals surface area contributed by atoms with Crippen LogP contribution >= 0.6 is 11.3 Å². The van der Waals surface area contributed by atoms with E-state index in [1.165, 1.54) is 18.4 Å². The highest BCUT2D eigenvalue weighted by molar-refractivity contribution is 7.15. The van der Waals surface area contributed by atoms with Gasteiger partial charge < -0.3 is 4.74 Å². The average Bonchev–Trinajstić information content (AvgIpc) is 2.89. The van der Waals surface area contributed by atoms with Crippen LogP contribution in [0.4, 0.5) is 13.2 Å². The van der Waals surface area contributed by atoms with E-state index in [1.54, 1.807) is 10.6 Å². The van der Waals surface area contributed by atoms with Crippen molar-refractivity contribution in [3.8, 4) is 5.88 Å². The van der Waals surface area contributed by atoms with E-state index >= 15 is 0 Å². The Morgan fingerprint density at radius 1 is 1.53 bits per heavy atom. The van der Waals surface area contributed by atoms with Gasteiger partial charge in [0.1, 0.15) is 11.2 Å². The molecule has 1 saturated carbocycles. The number of methoxy groups -OCH3 is 1. The first kappa shape index (κ1) is 12.7. The highest BCUT2D eigenvalue weighted by Crippen LogP contribution is 2.49. The SMILES string of the molecule is COc1nc2sccn2c1CNC1(C(F)(F)F)CC1. The number of aromatic nitrogens is 2. The molecule has 4 nitrogen and oxygen atoms in total. The summed E-state index contributed by atoms with van der Waals surface area (Å²) in [5.74, 6) is 0.373. The Labute approximate surface area is 111 Å². The van der Waals surface area contributed by atoms with Crippen LogP contribution in [0.2, 0.25) is 0 Å². The van der Waals surface area contributed by atoms with Crippen molar-refractivity contribution in [2.24, 2.45) is 0 Å². The topological polar surface area (TPSA) is 38.6 Å². The van der Waals surface area contributed by atoms with Gasteiger partial charge >= 0.3 is 6.18 Å². The van der Waals surface area contributed by atoms with Crippen LogP contribution in [0.25, 0.3) is 4.96 Å². The third kappa shape index (κ3) is 1.99. The maximum absolute atomic E-state index is 12.8. The molecule has 1 aliphatic carbocycles. The van der Waals surface area contributed by atoms with Crippen LogP contribution in [0.15, 0.2) is 11.6 Å². The molecule has 2 heterocycles. The fraction of sp³-hybridized carbons (Fsp3) is 0.545. The lowest BCUT2D eigenvalue weighted by Crippen LogP contribution is -2.44. The van der Waals surface area contributed by atoms with E-state index in [2.05, 4.69) is 10.3 Å². The molecular formula is C11H12F3N3OS. The Hall–Kier alpha value is -1.28. The van der Waals surface area contributed by atoms with E-state index < -0.39 is 11.7 Å². The average molecular weight is 291 g/mol. The number of nitrogens with one attached hydrogen (secondary N) is 1. The van der Waals surface area contributed by atoms with E-state index in [9.17, 15) is 13.2 Å². The third-order valence-corrected chi connectivity index (χ3v) is 4.16. The van der Waals surface area contributed by atoms with Gasteiger partial charge in [0.2, 0.25) is 5.88 Å². The van der Waals surface area contributed by atoms with E-state index in [1.807, 2.05) is 5.38 Å². The summed E-state index contributed by atoms with van der Waals surface area (Å²) in [6.07, 6.45) is -2.17. The maximum Gasteiger partial charge on any atom is 0.406 e. The molecule has 0 aliphatic heterocycles. The number of alkyl halides is 3. The molecule has 104 valence electrons. The summed E-state index contributed by atoms with van der Waals surface area (Å²) in [5, 5.41) is 4.44. The highest BCUT2D eigenvalue weighted by Gasteiger charge is 2.63. The largest absolute Gasteiger partial charge is 0.480 e. The Kier molecular flexibility index (Phi) is 2.75. The van der Waals surface area contributed by atoms with Gasteiger partial charge in [0, 0.05) is 18.1 Å². The van der Waals surface area contributed by atoms with Crippen molar-refractivity contribution in [1.29, 1.82) is 0 Å². The predicted molar refractivity (Wildman–Crippen MR) is 64.5 cm³/mol. The van der Waals surface area contributed by atoms with Gasteiger partial charge in [-0.2, -0.15) is 18.2 Å². The quantitative estimate of drug-likeness (QED) is 0.941. The first-order valence-electron chi connectivity index (χ1n) is 5.77. The second-order valence-electron chi connectivity index (χ2n) is 4.56. The summed E-state index contributed by atoms with van der Waals surface area (Å²) in [7, 11) is 1.46. The minimum atomic E-state index is -4.21. The van der Waals surface area contributed by atoms with Crippen LogP contribution in [0, 0.1) is 0 Å². The van der Waals surface area contributed by atoms with Crippen molar-refractivity contribution in [3.63, 3.8) is 0 Å². The molecule has 0 radical (unpaired) electrons. The van der Waals surface area contributed by atoms with Crippen LogP contribution < -0.4 is 10.1 Å². The van der Waals surface area contributed by atoms with E-state index in [0.29, 0.717) is 16.5 Å². The number of halogens is 3. The zero-order chi connectivity index (χ0) is 13.7. The van der Waals surface area contributed by atoms with Gasteiger partial charge in [-0.3, -0.25) is 9.72 Å². The van der Waals surface area contributed by atoms with Gasteiger partial charge in [-0.1, -0.05) is 0 Å². The standard InChI is InChI=1S/C11H12F3N3OS/c1-18-8-7(17-4-5-19-9(17)16-8)6-15-10(2-3-10)11(12,13)14/h4-5,15H,2-3,6H2,1H3. The van der Waals surface area contributed by atoms with Crippen LogP contribution in [0.1, 0.15) is 18.5 Å². The number of hydrogen-bond donors (Lipinski definition) is 1. The Morgan fingerprint density at radius 3 is 2.84 bits per heavy atom. The summed E-state index contributed by atoms with van der Waals surface area (Å²) in [5.41, 5.74) is -1.10. The Balaban J connectivity index is 1.84. The number of ether oxygens (including phenoxy) is 1. The molecule has 1 fully saturated rings. The fourth-order valence-electron chi connectivity index (χ4n) is 2.08. The predicted octanol–water partition coefficient (Wildman–Crippen LogP) is 2.59. The summed E-state index contributed by atoms with van der Waals surface area (Å²) >= 11 is 1.41. The zero-order valence-electron chi connectivity index (χ0n) is 10.1. The first-order valence-corrected chi connectivity index (χ1v) is 6.65. The molecule has 19 heavy (non-hydrogen) atoms. The molecule has 8 heteroatoms. The number of imidazole rings is 1. The fourth-order valence-corrected chi connectivity index (χ4v) is 2.80. The van der Waals surface area contributed by atoms with Crippen molar-refractivity contribution in [1.82, 2.24) is 14.7 Å². The van der Waals surface area contributed by atoms with E-state index in [-0.39, 0.29) is 19.4 Å². The minimum absolute atomic E-state index is 0.0839. The van der Waals surface area contributed by atoms with Crippen LogP contribution in [-0.4, -0.2) is 28.2 Å². The molecule has 2 aromatic rings. The second kappa shape index (κ2) is 4.11. The van der Waals surface area contributed by atoms with Crippen molar-refractivity contribution in [2.45, 2.75) is 31.1 Å². The molecule has 1 aliphatic rings. The van der Waals surface area contributed by atoms with Crippen LogP contribution in [0.3, 0.4) is 0 Å². The lowest BCUT2D eigenvalue weighted by atomic mass is 10.2. The number of rotatable bonds is 4. The zero-order valence-corrected chi connectivity index (χ0v) is 10.9. The minimum Gasteiger partial charge on any atom is -0.480 e. The summed E-state index contributed by atoms with van der Waals surface area (Å²) in [4.78, 5) is 4.93. The molecule has 0 atom stereocenters. The summed E-state index contributed by atoms with van der Waals surface area (Å²) in [6, 6.07) is 0. The van der Waals surface area contributed by atoms with E-state index in [4.69, 9.17) is 4.74 Å². The first-order chi connectivity index (χ1) is 8.97. The number of thiazole rings is 1. The molecular weight excluding hydrogens is 279 g/mol. The van der Waals surface area contributed by atoms with Crippen molar-refractivity contribution < 1.29 is 17.9 Å². The molecule has 1 N–H and O–H groups in total. The molecule has 0 aromatic carbocycles. The second-order valence-corrected chi connectivity index (χ2v) is 5.43. The summed E-state index contributed by atoms with van der Waals surface area (Å²) < 4.78 is 45.4. The lowest BCUT2D eigenvalue weighted by Gasteiger charge is -2.20. The van der Waals surface area contributed by atoms with Gasteiger partial charge in [0.05, 0.1) is 7.11 Å². The molecule has 0 saturated heterocycles. The van der Waals surface area contributed by atoms with Gasteiger partial charge in [0.15, 0.2) is 4.96 Å². The van der Waals surface area contributed by atoms with Crippen molar-refractivity contribution in [2.75, 3.05) is 7.11 Å². The van der Waals surface area contributed by atoms with Crippen molar-refractivity contribution in [3.05, 3.63) is 17.3 Å². The molecule has 2 aromatic heterocycles. The summed E-state index contributed by atoms with van der Waals surface area (Å²) in [6.45, 7) is 0.0839. The Morgan fingerprint density at radius 2 is 2.26 bits per heavy atom. The molecule has 3 rings (SSSR count). The van der Waals surface area contributed by atoms with Gasteiger partial charge in [-0.05, 0) is 12.8 Å². The number of hydrogen-bond acceptors (Lipinski definition) is 4. The van der Waals surface area contributed by atoms with Gasteiger partial charge in [0.25, 0.3) is 0 Å². The molecule has 0 spiro atoms. The maximum atomic E-state index is 12.8. The Bertz CT molecular complexity index is 600. The monoisotopic (exact) mass is 291 g/mol. The van der Waals surface area contributed by atoms with Crippen LogP contribution in [-0.2, 0) is 6.54 Å². The lowest BCUT2D eigenvalue weighted by molar-refractivity contribution is -0.166. The third-order valence-electron chi connectivity index (χ3n) is 3.40. The van der Waals surface area contributed by atoms with Crippen LogP contribution in [0.5, 0.6) is 5.88 Å². The highest BCUT2D eigenvalue weighted by atomic mass is 32.1. The number of nitrogens with zero attached hydrogens (tertiary/aromatic N) is 2. The van der Waals surface area contributed by atoms with E-state index in [0.717, 1.165) is 0 Å². The van der Waals surface area contributed by atoms with Crippen molar-refractivity contribution >= 4 is 16.3 Å². The number of fused-ring (bicyclic) bond motifs is 1.